The molecule has 0 saturated carbocycles. The molecule has 0 heterocycles. The SMILES string of the molecule is CC(Oc1ccccc1)C(=O)NNC(=O)CCCOc1ccc(Cl)cc1Cl. The van der Waals surface area contributed by atoms with E-state index < -0.39 is 12.0 Å². The van der Waals surface area contributed by atoms with Crippen LogP contribution in [0.5, 0.6) is 11.5 Å². The summed E-state index contributed by atoms with van der Waals surface area (Å²) in [6.45, 7) is 1.90. The third-order valence-electron chi connectivity index (χ3n) is 3.45. The molecule has 144 valence electrons. The summed E-state index contributed by atoms with van der Waals surface area (Å²) in [6.07, 6.45) is -0.112. The Bertz CT molecular complexity index is 772. The Balaban J connectivity index is 1.63. The zero-order valence-electron chi connectivity index (χ0n) is 14.7. The molecule has 2 rings (SSSR count). The Hall–Kier alpha value is -2.44. The Morgan fingerprint density at radius 2 is 1.81 bits per heavy atom. The second-order valence-corrected chi connectivity index (χ2v) is 6.48. The van der Waals surface area contributed by atoms with Gasteiger partial charge in [-0.2, -0.15) is 0 Å². The van der Waals surface area contributed by atoms with Crippen molar-refractivity contribution in [3.8, 4) is 11.5 Å². The van der Waals surface area contributed by atoms with Crippen molar-refractivity contribution in [2.45, 2.75) is 25.9 Å². The number of carbonyl (C=O) groups is 2. The lowest BCUT2D eigenvalue weighted by molar-refractivity contribution is -0.132. The van der Waals surface area contributed by atoms with E-state index in [0.29, 0.717) is 34.6 Å². The Labute approximate surface area is 167 Å². The van der Waals surface area contributed by atoms with Crippen molar-refractivity contribution < 1.29 is 19.1 Å². The van der Waals surface area contributed by atoms with Gasteiger partial charge in [0.2, 0.25) is 5.91 Å². The Morgan fingerprint density at radius 3 is 2.52 bits per heavy atom. The van der Waals surface area contributed by atoms with E-state index in [0.717, 1.165) is 0 Å². The number of hydrazine groups is 1. The summed E-state index contributed by atoms with van der Waals surface area (Å²) in [7, 11) is 0. The molecule has 0 radical (unpaired) electrons. The molecule has 0 spiro atoms. The lowest BCUT2D eigenvalue weighted by Gasteiger charge is -2.15. The third-order valence-corrected chi connectivity index (χ3v) is 3.98. The van der Waals surface area contributed by atoms with Crippen LogP contribution in [0.4, 0.5) is 0 Å². The average Bonchev–Trinajstić information content (AvgIpc) is 2.65. The number of nitrogens with one attached hydrogen (secondary N) is 2. The van der Waals surface area contributed by atoms with Crippen LogP contribution in [0.15, 0.2) is 48.5 Å². The first-order valence-corrected chi connectivity index (χ1v) is 9.09. The highest BCUT2D eigenvalue weighted by Gasteiger charge is 2.15. The van der Waals surface area contributed by atoms with Gasteiger partial charge in [-0.05, 0) is 43.7 Å². The van der Waals surface area contributed by atoms with Crippen LogP contribution in [0, 0.1) is 0 Å². The minimum atomic E-state index is -0.747. The van der Waals surface area contributed by atoms with Crippen molar-refractivity contribution >= 4 is 35.0 Å². The van der Waals surface area contributed by atoms with Crippen LogP contribution >= 0.6 is 23.2 Å². The maximum absolute atomic E-state index is 11.9. The highest BCUT2D eigenvalue weighted by atomic mass is 35.5. The van der Waals surface area contributed by atoms with Crippen LogP contribution in [-0.2, 0) is 9.59 Å². The fourth-order valence-corrected chi connectivity index (χ4v) is 2.52. The normalized spacial score (nSPS) is 11.4. The molecule has 1 unspecified atom stereocenters. The van der Waals surface area contributed by atoms with E-state index in [9.17, 15) is 9.59 Å². The minimum absolute atomic E-state index is 0.180. The number of hydrogen-bond donors (Lipinski definition) is 2. The number of para-hydroxylation sites is 1. The summed E-state index contributed by atoms with van der Waals surface area (Å²) >= 11 is 11.8. The van der Waals surface area contributed by atoms with Crippen LogP contribution in [0.3, 0.4) is 0 Å². The predicted octanol–water partition coefficient (Wildman–Crippen LogP) is 3.77. The summed E-state index contributed by atoms with van der Waals surface area (Å²) in [5.74, 6) is 0.295. The molecular formula is C19H20Cl2N2O4. The minimum Gasteiger partial charge on any atom is -0.492 e. The van der Waals surface area contributed by atoms with Gasteiger partial charge in [-0.15, -0.1) is 0 Å². The highest BCUT2D eigenvalue weighted by molar-refractivity contribution is 6.35. The Kier molecular flexibility index (Phi) is 8.23. The van der Waals surface area contributed by atoms with Gasteiger partial charge in [0.25, 0.3) is 5.91 Å². The topological polar surface area (TPSA) is 76.7 Å². The zero-order valence-corrected chi connectivity index (χ0v) is 16.2. The summed E-state index contributed by atoms with van der Waals surface area (Å²) in [6, 6.07) is 13.9. The standard InChI is InChI=1S/C19H20Cl2N2O4/c1-13(27-15-6-3-2-4-7-15)19(25)23-22-18(24)8-5-11-26-17-10-9-14(20)12-16(17)21/h2-4,6-7,9-10,12-13H,5,8,11H2,1H3,(H,22,24)(H,23,25). The molecule has 6 nitrogen and oxygen atoms in total. The van der Waals surface area contributed by atoms with Crippen LogP contribution in [0.1, 0.15) is 19.8 Å². The summed E-state index contributed by atoms with van der Waals surface area (Å²) in [4.78, 5) is 23.7. The van der Waals surface area contributed by atoms with Crippen molar-refractivity contribution in [2.75, 3.05) is 6.61 Å². The van der Waals surface area contributed by atoms with E-state index in [2.05, 4.69) is 10.9 Å². The number of carbonyl (C=O) groups excluding carboxylic acids is 2. The fraction of sp³-hybridized carbons (Fsp3) is 0.263. The van der Waals surface area contributed by atoms with Gasteiger partial charge in [0.15, 0.2) is 6.10 Å². The first-order valence-electron chi connectivity index (χ1n) is 8.34. The van der Waals surface area contributed by atoms with E-state index in [1.54, 1.807) is 49.4 Å². The third kappa shape index (κ3) is 7.37. The molecule has 0 aromatic heterocycles. The number of benzene rings is 2. The molecule has 0 fully saturated rings. The second-order valence-electron chi connectivity index (χ2n) is 5.64. The fourth-order valence-electron chi connectivity index (χ4n) is 2.06. The van der Waals surface area contributed by atoms with Gasteiger partial charge < -0.3 is 9.47 Å². The summed E-state index contributed by atoms with van der Waals surface area (Å²) in [5, 5.41) is 0.930. The molecule has 2 aromatic rings. The van der Waals surface area contributed by atoms with Crippen molar-refractivity contribution in [1.82, 2.24) is 10.9 Å². The molecule has 2 aromatic carbocycles. The van der Waals surface area contributed by atoms with E-state index in [4.69, 9.17) is 32.7 Å². The van der Waals surface area contributed by atoms with Gasteiger partial charge in [-0.1, -0.05) is 41.4 Å². The molecule has 0 saturated heterocycles. The second kappa shape index (κ2) is 10.6. The molecule has 0 aliphatic carbocycles. The number of hydrogen-bond acceptors (Lipinski definition) is 4. The van der Waals surface area contributed by atoms with Crippen molar-refractivity contribution in [1.29, 1.82) is 0 Å². The highest BCUT2D eigenvalue weighted by Crippen LogP contribution is 2.27. The molecule has 1 atom stereocenters. The average molecular weight is 411 g/mol. The molecule has 0 aliphatic rings. The van der Waals surface area contributed by atoms with Crippen molar-refractivity contribution in [3.63, 3.8) is 0 Å². The van der Waals surface area contributed by atoms with Crippen molar-refractivity contribution in [3.05, 3.63) is 58.6 Å². The van der Waals surface area contributed by atoms with Crippen LogP contribution in [0.25, 0.3) is 0 Å². The maximum Gasteiger partial charge on any atom is 0.279 e. The van der Waals surface area contributed by atoms with E-state index in [1.807, 2.05) is 6.07 Å². The monoisotopic (exact) mass is 410 g/mol. The molecular weight excluding hydrogens is 391 g/mol. The number of amides is 2. The number of halogens is 2. The van der Waals surface area contributed by atoms with Gasteiger partial charge in [0.1, 0.15) is 11.5 Å². The van der Waals surface area contributed by atoms with Crippen LogP contribution in [0.2, 0.25) is 10.0 Å². The predicted molar refractivity (Wildman–Crippen MR) is 104 cm³/mol. The lowest BCUT2D eigenvalue weighted by Crippen LogP contribution is -2.47. The largest absolute Gasteiger partial charge is 0.492 e. The van der Waals surface area contributed by atoms with Gasteiger partial charge in [0, 0.05) is 11.4 Å². The van der Waals surface area contributed by atoms with E-state index in [-0.39, 0.29) is 12.3 Å². The Morgan fingerprint density at radius 1 is 1.07 bits per heavy atom. The number of ether oxygens (including phenoxy) is 2. The van der Waals surface area contributed by atoms with E-state index >= 15 is 0 Å². The van der Waals surface area contributed by atoms with Crippen LogP contribution in [-0.4, -0.2) is 24.5 Å². The van der Waals surface area contributed by atoms with Crippen molar-refractivity contribution in [2.24, 2.45) is 0 Å². The molecule has 8 heteroatoms. The van der Waals surface area contributed by atoms with Gasteiger partial charge in [0.05, 0.1) is 11.6 Å². The molecule has 0 aliphatic heterocycles. The zero-order chi connectivity index (χ0) is 19.6. The van der Waals surface area contributed by atoms with Gasteiger partial charge in [-0.3, -0.25) is 20.4 Å². The molecule has 0 bridgehead atoms. The van der Waals surface area contributed by atoms with Gasteiger partial charge >= 0.3 is 0 Å². The van der Waals surface area contributed by atoms with Crippen LogP contribution < -0.4 is 20.3 Å². The first kappa shape index (κ1) is 20.9. The smallest absolute Gasteiger partial charge is 0.279 e. The number of rotatable bonds is 8. The molecule has 27 heavy (non-hydrogen) atoms. The van der Waals surface area contributed by atoms with Gasteiger partial charge in [-0.25, -0.2) is 0 Å². The first-order chi connectivity index (χ1) is 13.0. The molecule has 2 amide bonds. The lowest BCUT2D eigenvalue weighted by atomic mass is 10.3. The quantitative estimate of drug-likeness (QED) is 0.512. The van der Waals surface area contributed by atoms with E-state index in [1.165, 1.54) is 0 Å². The molecule has 2 N–H and O–H groups in total. The maximum atomic E-state index is 11.9. The summed E-state index contributed by atoms with van der Waals surface area (Å²) < 4.78 is 11.0. The summed E-state index contributed by atoms with van der Waals surface area (Å²) in [5.41, 5.74) is 4.69.